The van der Waals surface area contributed by atoms with Crippen molar-refractivity contribution in [3.05, 3.63) is 58.9 Å². The molecule has 0 heterocycles. The number of rotatable bonds is 8. The van der Waals surface area contributed by atoms with E-state index in [9.17, 15) is 14.0 Å². The summed E-state index contributed by atoms with van der Waals surface area (Å²) in [5.41, 5.74) is 1.34. The van der Waals surface area contributed by atoms with E-state index in [1.807, 2.05) is 13.0 Å². The Morgan fingerprint density at radius 2 is 1.88 bits per heavy atom. The fraction of sp³-hybridized carbons (Fsp3) is 0.263. The van der Waals surface area contributed by atoms with Gasteiger partial charge in [0.15, 0.2) is 6.61 Å². The van der Waals surface area contributed by atoms with E-state index >= 15 is 0 Å². The van der Waals surface area contributed by atoms with Gasteiger partial charge in [-0.1, -0.05) is 11.6 Å². The van der Waals surface area contributed by atoms with Crippen LogP contribution < -0.4 is 10.1 Å². The van der Waals surface area contributed by atoms with E-state index in [0.717, 1.165) is 5.56 Å². The van der Waals surface area contributed by atoms with E-state index < -0.39 is 24.3 Å². The lowest BCUT2D eigenvalue weighted by Gasteiger charge is -2.08. The van der Waals surface area contributed by atoms with Gasteiger partial charge in [0.2, 0.25) is 0 Å². The fourth-order valence-electron chi connectivity index (χ4n) is 2.06. The van der Waals surface area contributed by atoms with Gasteiger partial charge < -0.3 is 14.8 Å². The van der Waals surface area contributed by atoms with Gasteiger partial charge in [-0.3, -0.25) is 9.59 Å². The summed E-state index contributed by atoms with van der Waals surface area (Å²) in [6.45, 7) is 1.83. The largest absolute Gasteiger partial charge is 0.494 e. The summed E-state index contributed by atoms with van der Waals surface area (Å²) in [7, 11) is 0. The molecule has 2 rings (SSSR count). The standard InChI is InChI=1S/C19H19ClFNO4/c1-13-11-16(8-9-17(13)20)25-10-2-3-19(24)26-12-18(23)22-15-6-4-14(21)5-7-15/h4-9,11H,2-3,10,12H2,1H3,(H,22,23). The van der Waals surface area contributed by atoms with Crippen LogP contribution in [-0.2, 0) is 14.3 Å². The molecule has 7 heteroatoms. The number of carbonyl (C=O) groups is 2. The molecule has 0 aromatic heterocycles. The molecule has 0 fully saturated rings. The SMILES string of the molecule is Cc1cc(OCCCC(=O)OCC(=O)Nc2ccc(F)cc2)ccc1Cl. The second-order valence-corrected chi connectivity index (χ2v) is 5.99. The summed E-state index contributed by atoms with van der Waals surface area (Å²) in [6.07, 6.45) is 0.594. The Bertz CT molecular complexity index is 765. The van der Waals surface area contributed by atoms with Crippen molar-refractivity contribution in [1.82, 2.24) is 0 Å². The van der Waals surface area contributed by atoms with Crippen LogP contribution in [0.2, 0.25) is 5.02 Å². The molecular formula is C19H19ClFNO4. The summed E-state index contributed by atoms with van der Waals surface area (Å²) in [5.74, 6) is -0.697. The van der Waals surface area contributed by atoms with Gasteiger partial charge in [0.05, 0.1) is 6.61 Å². The Morgan fingerprint density at radius 1 is 1.15 bits per heavy atom. The molecule has 0 saturated carbocycles. The molecule has 0 spiro atoms. The number of amides is 1. The molecule has 26 heavy (non-hydrogen) atoms. The zero-order valence-corrected chi connectivity index (χ0v) is 15.0. The van der Waals surface area contributed by atoms with Crippen LogP contribution in [0, 0.1) is 12.7 Å². The van der Waals surface area contributed by atoms with Crippen molar-refractivity contribution in [2.45, 2.75) is 19.8 Å². The van der Waals surface area contributed by atoms with Gasteiger partial charge in [-0.25, -0.2) is 4.39 Å². The van der Waals surface area contributed by atoms with Crippen LogP contribution in [0.15, 0.2) is 42.5 Å². The average Bonchev–Trinajstić information content (AvgIpc) is 2.62. The maximum absolute atomic E-state index is 12.8. The number of aryl methyl sites for hydroxylation is 1. The molecule has 0 radical (unpaired) electrons. The first-order valence-corrected chi connectivity index (χ1v) is 8.42. The molecule has 2 aromatic rings. The molecule has 138 valence electrons. The third kappa shape index (κ3) is 6.72. The zero-order chi connectivity index (χ0) is 18.9. The molecule has 1 N–H and O–H groups in total. The lowest BCUT2D eigenvalue weighted by Crippen LogP contribution is -2.21. The molecule has 2 aromatic carbocycles. The number of hydrogen-bond donors (Lipinski definition) is 1. The number of ether oxygens (including phenoxy) is 2. The first kappa shape index (κ1) is 19.7. The Labute approximate surface area is 156 Å². The summed E-state index contributed by atoms with van der Waals surface area (Å²) in [6, 6.07) is 10.6. The van der Waals surface area contributed by atoms with E-state index in [1.165, 1.54) is 24.3 Å². The van der Waals surface area contributed by atoms with Crippen molar-refractivity contribution in [3.63, 3.8) is 0 Å². The number of hydrogen-bond acceptors (Lipinski definition) is 4. The maximum atomic E-state index is 12.8. The van der Waals surface area contributed by atoms with Gasteiger partial charge >= 0.3 is 5.97 Å². The summed E-state index contributed by atoms with van der Waals surface area (Å²) >= 11 is 5.94. The second kappa shape index (κ2) is 9.77. The second-order valence-electron chi connectivity index (χ2n) is 5.58. The smallest absolute Gasteiger partial charge is 0.306 e. The molecule has 0 bridgehead atoms. The van der Waals surface area contributed by atoms with Gasteiger partial charge in [-0.2, -0.15) is 0 Å². The van der Waals surface area contributed by atoms with Crippen molar-refractivity contribution in [3.8, 4) is 5.75 Å². The van der Waals surface area contributed by atoms with Crippen molar-refractivity contribution >= 4 is 29.2 Å². The maximum Gasteiger partial charge on any atom is 0.306 e. The molecule has 0 aliphatic rings. The molecule has 0 unspecified atom stereocenters. The van der Waals surface area contributed by atoms with Crippen molar-refractivity contribution in [2.75, 3.05) is 18.5 Å². The predicted molar refractivity (Wildman–Crippen MR) is 96.9 cm³/mol. The van der Waals surface area contributed by atoms with Crippen LogP contribution in [0.5, 0.6) is 5.75 Å². The van der Waals surface area contributed by atoms with Gasteiger partial charge in [0.1, 0.15) is 11.6 Å². The summed E-state index contributed by atoms with van der Waals surface area (Å²) < 4.78 is 23.2. The molecule has 0 saturated heterocycles. The summed E-state index contributed by atoms with van der Waals surface area (Å²) in [5, 5.41) is 3.17. The zero-order valence-electron chi connectivity index (χ0n) is 14.3. The third-order valence-corrected chi connectivity index (χ3v) is 3.84. The summed E-state index contributed by atoms with van der Waals surface area (Å²) in [4.78, 5) is 23.3. The molecular weight excluding hydrogens is 361 g/mol. The van der Waals surface area contributed by atoms with Gasteiger partial charge in [0.25, 0.3) is 5.91 Å². The fourth-order valence-corrected chi connectivity index (χ4v) is 2.18. The van der Waals surface area contributed by atoms with Crippen LogP contribution >= 0.6 is 11.6 Å². The minimum Gasteiger partial charge on any atom is -0.494 e. The molecule has 5 nitrogen and oxygen atoms in total. The predicted octanol–water partition coefficient (Wildman–Crippen LogP) is 4.13. The topological polar surface area (TPSA) is 64.6 Å². The Balaban J connectivity index is 1.61. The Morgan fingerprint density at radius 3 is 2.58 bits per heavy atom. The van der Waals surface area contributed by atoms with Gasteiger partial charge in [-0.05, 0) is 61.4 Å². The average molecular weight is 380 g/mol. The number of anilines is 1. The molecule has 0 aliphatic carbocycles. The number of esters is 1. The highest BCUT2D eigenvalue weighted by Gasteiger charge is 2.08. The number of benzene rings is 2. The van der Waals surface area contributed by atoms with Crippen LogP contribution in [-0.4, -0.2) is 25.1 Å². The van der Waals surface area contributed by atoms with Crippen molar-refractivity contribution in [1.29, 1.82) is 0 Å². The Kier molecular flexibility index (Phi) is 7.41. The lowest BCUT2D eigenvalue weighted by molar-refractivity contribution is -0.147. The van der Waals surface area contributed by atoms with Gasteiger partial charge in [-0.15, -0.1) is 0 Å². The molecule has 0 aliphatic heterocycles. The van der Waals surface area contributed by atoms with E-state index in [-0.39, 0.29) is 6.42 Å². The van der Waals surface area contributed by atoms with E-state index in [1.54, 1.807) is 12.1 Å². The first-order chi connectivity index (χ1) is 12.4. The van der Waals surface area contributed by atoms with Gasteiger partial charge in [0, 0.05) is 17.1 Å². The van der Waals surface area contributed by atoms with Crippen molar-refractivity contribution < 1.29 is 23.5 Å². The van der Waals surface area contributed by atoms with Crippen LogP contribution in [0.25, 0.3) is 0 Å². The van der Waals surface area contributed by atoms with Crippen LogP contribution in [0.3, 0.4) is 0 Å². The minimum absolute atomic E-state index is 0.135. The lowest BCUT2D eigenvalue weighted by atomic mass is 10.2. The number of nitrogens with one attached hydrogen (secondary N) is 1. The number of carbonyl (C=O) groups excluding carboxylic acids is 2. The molecule has 1 amide bonds. The van der Waals surface area contributed by atoms with Crippen LogP contribution in [0.1, 0.15) is 18.4 Å². The van der Waals surface area contributed by atoms with E-state index in [0.29, 0.717) is 29.5 Å². The van der Waals surface area contributed by atoms with E-state index in [4.69, 9.17) is 21.1 Å². The number of halogens is 2. The highest BCUT2D eigenvalue weighted by molar-refractivity contribution is 6.31. The Hall–Kier alpha value is -2.60. The third-order valence-electron chi connectivity index (χ3n) is 3.42. The quantitative estimate of drug-likeness (QED) is 0.553. The monoisotopic (exact) mass is 379 g/mol. The normalized spacial score (nSPS) is 10.3. The van der Waals surface area contributed by atoms with Crippen LogP contribution in [0.4, 0.5) is 10.1 Å². The highest BCUT2D eigenvalue weighted by atomic mass is 35.5. The minimum atomic E-state index is -0.491. The highest BCUT2D eigenvalue weighted by Crippen LogP contribution is 2.21. The van der Waals surface area contributed by atoms with Crippen molar-refractivity contribution in [2.24, 2.45) is 0 Å². The molecule has 0 atom stereocenters. The first-order valence-electron chi connectivity index (χ1n) is 8.04. The van der Waals surface area contributed by atoms with E-state index in [2.05, 4.69) is 5.32 Å².